The molecule has 2 N–H and O–H groups in total. The number of aliphatic hydroxyl groups is 1. The second-order valence-corrected chi connectivity index (χ2v) is 5.53. The summed E-state index contributed by atoms with van der Waals surface area (Å²) in [6.07, 6.45) is 1.35. The lowest BCUT2D eigenvalue weighted by Gasteiger charge is -2.20. The molecule has 1 unspecified atom stereocenters. The molecule has 1 atom stereocenters. The van der Waals surface area contributed by atoms with Crippen LogP contribution in [0.1, 0.15) is 19.1 Å². The van der Waals surface area contributed by atoms with Crippen molar-refractivity contribution >= 4 is 11.8 Å². The molecule has 0 bridgehead atoms. The van der Waals surface area contributed by atoms with Crippen molar-refractivity contribution in [2.45, 2.75) is 26.0 Å². The summed E-state index contributed by atoms with van der Waals surface area (Å²) in [5, 5.41) is 12.7. The predicted molar refractivity (Wildman–Crippen MR) is 79.9 cm³/mol. The molecule has 2 rings (SSSR count). The minimum Gasteiger partial charge on any atom is -0.467 e. The Morgan fingerprint density at radius 2 is 2.23 bits per heavy atom. The molecule has 122 valence electrons. The standard InChI is InChI=1S/C15H23N3O4/c1-12(19)18-7-6-17(10-13(20)11-18)5-4-15(21)16-9-14-3-2-8-22-14/h2-3,8,13,20H,4-7,9-11H2,1H3,(H,16,21). The molecule has 0 aromatic carbocycles. The molecule has 1 aliphatic heterocycles. The highest BCUT2D eigenvalue weighted by molar-refractivity contribution is 5.76. The monoisotopic (exact) mass is 309 g/mol. The van der Waals surface area contributed by atoms with Crippen LogP contribution in [0.25, 0.3) is 0 Å². The summed E-state index contributed by atoms with van der Waals surface area (Å²) in [4.78, 5) is 26.9. The number of rotatable bonds is 5. The van der Waals surface area contributed by atoms with E-state index in [0.717, 1.165) is 5.76 Å². The summed E-state index contributed by atoms with van der Waals surface area (Å²) in [5.74, 6) is 0.631. The smallest absolute Gasteiger partial charge is 0.221 e. The van der Waals surface area contributed by atoms with Crippen LogP contribution in [0.2, 0.25) is 0 Å². The van der Waals surface area contributed by atoms with Gasteiger partial charge in [-0.25, -0.2) is 0 Å². The van der Waals surface area contributed by atoms with E-state index < -0.39 is 6.10 Å². The third kappa shape index (κ3) is 5.16. The molecule has 1 aromatic heterocycles. The van der Waals surface area contributed by atoms with Crippen LogP contribution in [0.15, 0.2) is 22.8 Å². The van der Waals surface area contributed by atoms with Gasteiger partial charge in [0.25, 0.3) is 0 Å². The molecule has 0 aliphatic carbocycles. The Morgan fingerprint density at radius 1 is 1.41 bits per heavy atom. The Morgan fingerprint density at radius 3 is 2.91 bits per heavy atom. The van der Waals surface area contributed by atoms with Crippen LogP contribution in [-0.4, -0.2) is 65.5 Å². The molecule has 0 radical (unpaired) electrons. The van der Waals surface area contributed by atoms with Gasteiger partial charge in [0.2, 0.25) is 11.8 Å². The molecule has 1 fully saturated rings. The van der Waals surface area contributed by atoms with Crippen molar-refractivity contribution in [3.63, 3.8) is 0 Å². The maximum atomic E-state index is 11.8. The van der Waals surface area contributed by atoms with Gasteiger partial charge in [0.1, 0.15) is 5.76 Å². The molecule has 2 amide bonds. The summed E-state index contributed by atoms with van der Waals surface area (Å²) < 4.78 is 5.15. The van der Waals surface area contributed by atoms with Gasteiger partial charge in [0.05, 0.1) is 18.9 Å². The normalized spacial score (nSPS) is 19.7. The van der Waals surface area contributed by atoms with Crippen LogP contribution in [0.5, 0.6) is 0 Å². The second kappa shape index (κ2) is 7.95. The first-order valence-electron chi connectivity index (χ1n) is 7.49. The van der Waals surface area contributed by atoms with E-state index in [2.05, 4.69) is 5.32 Å². The number of carbonyl (C=O) groups is 2. The van der Waals surface area contributed by atoms with Crippen LogP contribution >= 0.6 is 0 Å². The molecule has 0 saturated carbocycles. The van der Waals surface area contributed by atoms with E-state index in [0.29, 0.717) is 45.7 Å². The van der Waals surface area contributed by atoms with Crippen LogP contribution in [0, 0.1) is 0 Å². The van der Waals surface area contributed by atoms with Crippen molar-refractivity contribution in [3.05, 3.63) is 24.2 Å². The first-order valence-corrected chi connectivity index (χ1v) is 7.49. The molecule has 7 heteroatoms. The van der Waals surface area contributed by atoms with Crippen molar-refractivity contribution in [2.24, 2.45) is 0 Å². The minimum absolute atomic E-state index is 0.0305. The van der Waals surface area contributed by atoms with E-state index >= 15 is 0 Å². The zero-order chi connectivity index (χ0) is 15.9. The number of amides is 2. The van der Waals surface area contributed by atoms with Gasteiger partial charge >= 0.3 is 0 Å². The number of nitrogens with one attached hydrogen (secondary N) is 1. The van der Waals surface area contributed by atoms with Crippen LogP contribution in [-0.2, 0) is 16.1 Å². The van der Waals surface area contributed by atoms with Crippen molar-refractivity contribution in [2.75, 3.05) is 32.7 Å². The van der Waals surface area contributed by atoms with Gasteiger partial charge in [0, 0.05) is 46.1 Å². The zero-order valence-electron chi connectivity index (χ0n) is 12.8. The van der Waals surface area contributed by atoms with Crippen molar-refractivity contribution in [3.8, 4) is 0 Å². The van der Waals surface area contributed by atoms with E-state index in [4.69, 9.17) is 4.42 Å². The summed E-state index contributed by atoms with van der Waals surface area (Å²) >= 11 is 0. The number of furan rings is 1. The molecule has 1 aliphatic rings. The molecule has 1 aromatic rings. The van der Waals surface area contributed by atoms with Gasteiger partial charge in [-0.1, -0.05) is 0 Å². The molecule has 0 spiro atoms. The Labute approximate surface area is 129 Å². The highest BCUT2D eigenvalue weighted by Crippen LogP contribution is 2.05. The number of hydrogen-bond donors (Lipinski definition) is 2. The maximum absolute atomic E-state index is 11.8. The van der Waals surface area contributed by atoms with Gasteiger partial charge in [-0.3, -0.25) is 14.5 Å². The molecule has 22 heavy (non-hydrogen) atoms. The summed E-state index contributed by atoms with van der Waals surface area (Å²) in [6, 6.07) is 3.59. The second-order valence-electron chi connectivity index (χ2n) is 5.53. The fourth-order valence-electron chi connectivity index (χ4n) is 2.49. The maximum Gasteiger partial charge on any atom is 0.221 e. The first kappa shape index (κ1) is 16.5. The lowest BCUT2D eigenvalue weighted by Crippen LogP contribution is -2.36. The Kier molecular flexibility index (Phi) is 5.97. The van der Waals surface area contributed by atoms with Crippen molar-refractivity contribution in [1.29, 1.82) is 0 Å². The molecule has 7 nitrogen and oxygen atoms in total. The quantitative estimate of drug-likeness (QED) is 0.787. The average molecular weight is 309 g/mol. The highest BCUT2D eigenvalue weighted by Gasteiger charge is 2.22. The fourth-order valence-corrected chi connectivity index (χ4v) is 2.49. The topological polar surface area (TPSA) is 86.0 Å². The SMILES string of the molecule is CC(=O)N1CCN(CCC(=O)NCc2ccco2)CC(O)C1. The number of hydrogen-bond acceptors (Lipinski definition) is 5. The van der Waals surface area contributed by atoms with E-state index in [-0.39, 0.29) is 11.8 Å². The highest BCUT2D eigenvalue weighted by atomic mass is 16.3. The van der Waals surface area contributed by atoms with Crippen LogP contribution < -0.4 is 5.32 Å². The van der Waals surface area contributed by atoms with Crippen molar-refractivity contribution in [1.82, 2.24) is 15.1 Å². The van der Waals surface area contributed by atoms with Gasteiger partial charge in [-0.15, -0.1) is 0 Å². The number of aliphatic hydroxyl groups excluding tert-OH is 1. The summed E-state index contributed by atoms with van der Waals surface area (Å²) in [5.41, 5.74) is 0. The predicted octanol–water partition coefficient (Wildman–Crippen LogP) is -0.189. The third-order valence-corrected chi connectivity index (χ3v) is 3.73. The van der Waals surface area contributed by atoms with Gasteiger partial charge in [-0.2, -0.15) is 0 Å². The van der Waals surface area contributed by atoms with E-state index in [1.165, 1.54) is 6.92 Å². The molecule has 1 saturated heterocycles. The van der Waals surface area contributed by atoms with Crippen LogP contribution in [0.3, 0.4) is 0 Å². The zero-order valence-corrected chi connectivity index (χ0v) is 12.8. The Balaban J connectivity index is 1.71. The van der Waals surface area contributed by atoms with Gasteiger partial charge in [0.15, 0.2) is 0 Å². The Hall–Kier alpha value is -1.86. The lowest BCUT2D eigenvalue weighted by molar-refractivity contribution is -0.129. The summed E-state index contributed by atoms with van der Waals surface area (Å²) in [6.45, 7) is 4.54. The number of β-amino-alcohol motifs (C(OH)–C–C–N with tert-alkyl or cyclic N) is 1. The molecule has 2 heterocycles. The number of carbonyl (C=O) groups excluding carboxylic acids is 2. The van der Waals surface area contributed by atoms with E-state index in [1.54, 1.807) is 17.2 Å². The first-order chi connectivity index (χ1) is 10.5. The van der Waals surface area contributed by atoms with E-state index in [1.807, 2.05) is 11.0 Å². The van der Waals surface area contributed by atoms with Crippen molar-refractivity contribution < 1.29 is 19.1 Å². The van der Waals surface area contributed by atoms with Crippen LogP contribution in [0.4, 0.5) is 0 Å². The largest absolute Gasteiger partial charge is 0.467 e. The van der Waals surface area contributed by atoms with Gasteiger partial charge in [-0.05, 0) is 12.1 Å². The average Bonchev–Trinajstić information content (AvgIpc) is 2.92. The van der Waals surface area contributed by atoms with Gasteiger partial charge < -0.3 is 19.7 Å². The summed E-state index contributed by atoms with van der Waals surface area (Å²) in [7, 11) is 0. The van der Waals surface area contributed by atoms with E-state index in [9.17, 15) is 14.7 Å². The molecular formula is C15H23N3O4. The third-order valence-electron chi connectivity index (χ3n) is 3.73. The minimum atomic E-state index is -0.572. The molecular weight excluding hydrogens is 286 g/mol. The Bertz CT molecular complexity index is 489. The fraction of sp³-hybridized carbons (Fsp3) is 0.600. The lowest BCUT2D eigenvalue weighted by atomic mass is 10.3. The number of nitrogens with zero attached hydrogens (tertiary/aromatic N) is 2.